The van der Waals surface area contributed by atoms with Crippen molar-refractivity contribution in [2.24, 2.45) is 0 Å². The summed E-state index contributed by atoms with van der Waals surface area (Å²) in [6.45, 7) is 2.10. The van der Waals surface area contributed by atoms with E-state index in [1.807, 2.05) is 37.3 Å². The topological polar surface area (TPSA) is 105 Å². The normalized spacial score (nSPS) is 10.4. The Morgan fingerprint density at radius 1 is 0.963 bits per heavy atom. The van der Waals surface area contributed by atoms with Crippen LogP contribution in [0.2, 0.25) is 0 Å². The van der Waals surface area contributed by atoms with E-state index in [-0.39, 0.29) is 13.0 Å². The number of benzene rings is 2. The zero-order valence-electron chi connectivity index (χ0n) is 14.8. The van der Waals surface area contributed by atoms with Crippen LogP contribution in [0.15, 0.2) is 48.5 Å². The number of rotatable bonds is 7. The number of ether oxygens (including phenoxy) is 2. The molecule has 0 saturated carbocycles. The molecule has 0 atom stereocenters. The maximum absolute atomic E-state index is 12.0. The SMILES string of the molecule is CCOc1ccccc1OCC(=O)NNC(=O)Cc1nc2ccccc2[nH]1. The second-order valence-electron chi connectivity index (χ2n) is 5.64. The number of fused-ring (bicyclic) bond motifs is 1. The van der Waals surface area contributed by atoms with E-state index in [2.05, 4.69) is 20.8 Å². The van der Waals surface area contributed by atoms with Gasteiger partial charge in [0.25, 0.3) is 5.91 Å². The number of aromatic amines is 1. The molecule has 0 aliphatic carbocycles. The fraction of sp³-hybridized carbons (Fsp3) is 0.211. The number of hydrazine groups is 1. The molecule has 0 aliphatic rings. The van der Waals surface area contributed by atoms with Crippen molar-refractivity contribution in [3.05, 3.63) is 54.4 Å². The van der Waals surface area contributed by atoms with Crippen LogP contribution in [0.1, 0.15) is 12.7 Å². The number of carbonyl (C=O) groups is 2. The minimum absolute atomic E-state index is 0.0169. The molecule has 3 N–H and O–H groups in total. The van der Waals surface area contributed by atoms with Crippen molar-refractivity contribution in [2.75, 3.05) is 13.2 Å². The van der Waals surface area contributed by atoms with Crippen molar-refractivity contribution in [3.8, 4) is 11.5 Å². The Kier molecular flexibility index (Phi) is 5.88. The molecule has 0 saturated heterocycles. The second-order valence-corrected chi connectivity index (χ2v) is 5.64. The number of nitrogens with zero attached hydrogens (tertiary/aromatic N) is 1. The van der Waals surface area contributed by atoms with Crippen molar-refractivity contribution in [1.82, 2.24) is 20.8 Å². The number of nitrogens with one attached hydrogen (secondary N) is 3. The number of carbonyl (C=O) groups excluding carboxylic acids is 2. The lowest BCUT2D eigenvalue weighted by molar-refractivity contribution is -0.129. The first-order valence-electron chi connectivity index (χ1n) is 8.51. The number of hydrogen-bond acceptors (Lipinski definition) is 5. The molecule has 2 amide bonds. The standard InChI is InChI=1S/C19H20N4O4/c1-2-26-15-9-5-6-10-16(15)27-12-19(25)23-22-18(24)11-17-20-13-7-3-4-8-14(13)21-17/h3-10H,2,11-12H2,1H3,(H,20,21)(H,22,24)(H,23,25). The van der Waals surface area contributed by atoms with Gasteiger partial charge in [-0.25, -0.2) is 4.98 Å². The Morgan fingerprint density at radius 3 is 2.37 bits per heavy atom. The lowest BCUT2D eigenvalue weighted by atomic mass is 10.3. The van der Waals surface area contributed by atoms with Gasteiger partial charge in [0.2, 0.25) is 5.91 Å². The molecule has 0 spiro atoms. The van der Waals surface area contributed by atoms with E-state index >= 15 is 0 Å². The third-order valence-electron chi connectivity index (χ3n) is 3.62. The predicted molar refractivity (Wildman–Crippen MR) is 99.2 cm³/mol. The Labute approximate surface area is 155 Å². The van der Waals surface area contributed by atoms with Crippen LogP contribution < -0.4 is 20.3 Å². The first-order chi connectivity index (χ1) is 13.2. The molecule has 8 heteroatoms. The van der Waals surface area contributed by atoms with Gasteiger partial charge in [-0.15, -0.1) is 0 Å². The molecule has 140 valence electrons. The average molecular weight is 368 g/mol. The Hall–Kier alpha value is -3.55. The molecule has 1 aromatic heterocycles. The second kappa shape index (κ2) is 8.70. The summed E-state index contributed by atoms with van der Waals surface area (Å²) in [6.07, 6.45) is 0.0169. The van der Waals surface area contributed by atoms with E-state index in [1.165, 1.54) is 0 Å². The van der Waals surface area contributed by atoms with Crippen molar-refractivity contribution in [3.63, 3.8) is 0 Å². The summed E-state index contributed by atoms with van der Waals surface area (Å²) in [5.41, 5.74) is 6.29. The molecule has 0 radical (unpaired) electrons. The molecule has 27 heavy (non-hydrogen) atoms. The molecule has 0 unspecified atom stereocenters. The summed E-state index contributed by atoms with van der Waals surface area (Å²) < 4.78 is 10.9. The van der Waals surface area contributed by atoms with E-state index in [1.54, 1.807) is 18.2 Å². The smallest absolute Gasteiger partial charge is 0.276 e. The van der Waals surface area contributed by atoms with E-state index in [0.29, 0.717) is 23.9 Å². The fourth-order valence-electron chi connectivity index (χ4n) is 2.45. The number of hydrogen-bond donors (Lipinski definition) is 3. The van der Waals surface area contributed by atoms with Gasteiger partial charge in [-0.3, -0.25) is 20.4 Å². The highest BCUT2D eigenvalue weighted by atomic mass is 16.5. The van der Waals surface area contributed by atoms with E-state index in [4.69, 9.17) is 9.47 Å². The van der Waals surface area contributed by atoms with Crippen LogP contribution in [0.4, 0.5) is 0 Å². The summed E-state index contributed by atoms with van der Waals surface area (Å²) in [4.78, 5) is 31.2. The first-order valence-corrected chi connectivity index (χ1v) is 8.51. The van der Waals surface area contributed by atoms with Crippen LogP contribution in [0, 0.1) is 0 Å². The third kappa shape index (κ3) is 4.97. The third-order valence-corrected chi connectivity index (χ3v) is 3.62. The number of imidazole rings is 1. The largest absolute Gasteiger partial charge is 0.490 e. The molecule has 2 aromatic carbocycles. The lowest BCUT2D eigenvalue weighted by Crippen LogP contribution is -2.44. The minimum atomic E-state index is -0.487. The number of aromatic nitrogens is 2. The van der Waals surface area contributed by atoms with Crippen LogP contribution >= 0.6 is 0 Å². The molecule has 0 fully saturated rings. The highest BCUT2D eigenvalue weighted by Gasteiger charge is 2.11. The molecule has 3 aromatic rings. The van der Waals surface area contributed by atoms with Gasteiger partial charge >= 0.3 is 0 Å². The Balaban J connectivity index is 1.45. The lowest BCUT2D eigenvalue weighted by Gasteiger charge is -2.11. The van der Waals surface area contributed by atoms with Crippen molar-refractivity contribution >= 4 is 22.8 Å². The first kappa shape index (κ1) is 18.2. The summed E-state index contributed by atoms with van der Waals surface area (Å²) in [6, 6.07) is 14.5. The highest BCUT2D eigenvalue weighted by Crippen LogP contribution is 2.26. The molecule has 0 aliphatic heterocycles. The van der Waals surface area contributed by atoms with Gasteiger partial charge in [0.15, 0.2) is 18.1 Å². The summed E-state index contributed by atoms with van der Waals surface area (Å²) in [7, 11) is 0. The molecule has 8 nitrogen and oxygen atoms in total. The molecular formula is C19H20N4O4. The van der Waals surface area contributed by atoms with Gasteiger partial charge in [0, 0.05) is 0 Å². The minimum Gasteiger partial charge on any atom is -0.490 e. The molecule has 3 rings (SSSR count). The fourth-order valence-corrected chi connectivity index (χ4v) is 2.45. The monoisotopic (exact) mass is 368 g/mol. The zero-order chi connectivity index (χ0) is 19.1. The van der Waals surface area contributed by atoms with Crippen LogP contribution in [0.3, 0.4) is 0 Å². The molecular weight excluding hydrogens is 348 g/mol. The zero-order valence-corrected chi connectivity index (χ0v) is 14.8. The van der Waals surface area contributed by atoms with Crippen molar-refractivity contribution < 1.29 is 19.1 Å². The summed E-state index contributed by atoms with van der Waals surface area (Å²) in [5.74, 6) is 0.658. The van der Waals surface area contributed by atoms with E-state index in [9.17, 15) is 9.59 Å². The van der Waals surface area contributed by atoms with Gasteiger partial charge in [-0.2, -0.15) is 0 Å². The predicted octanol–water partition coefficient (Wildman–Crippen LogP) is 1.73. The van der Waals surface area contributed by atoms with Gasteiger partial charge in [-0.1, -0.05) is 24.3 Å². The summed E-state index contributed by atoms with van der Waals surface area (Å²) >= 11 is 0. The van der Waals surface area contributed by atoms with E-state index in [0.717, 1.165) is 11.0 Å². The summed E-state index contributed by atoms with van der Waals surface area (Å²) in [5, 5.41) is 0. The Morgan fingerprint density at radius 2 is 1.63 bits per heavy atom. The number of para-hydroxylation sites is 4. The number of H-pyrrole nitrogens is 1. The van der Waals surface area contributed by atoms with Crippen LogP contribution in [0.25, 0.3) is 11.0 Å². The molecule has 1 heterocycles. The average Bonchev–Trinajstić information content (AvgIpc) is 3.08. The highest BCUT2D eigenvalue weighted by molar-refractivity contribution is 5.84. The van der Waals surface area contributed by atoms with Gasteiger partial charge in [-0.05, 0) is 31.2 Å². The van der Waals surface area contributed by atoms with Gasteiger partial charge in [0.05, 0.1) is 24.1 Å². The maximum Gasteiger partial charge on any atom is 0.276 e. The van der Waals surface area contributed by atoms with E-state index < -0.39 is 11.8 Å². The van der Waals surface area contributed by atoms with Gasteiger partial charge in [0.1, 0.15) is 5.82 Å². The van der Waals surface area contributed by atoms with Crippen molar-refractivity contribution in [1.29, 1.82) is 0 Å². The van der Waals surface area contributed by atoms with Crippen LogP contribution in [-0.2, 0) is 16.0 Å². The number of amides is 2. The Bertz CT molecular complexity index is 905. The molecule has 0 bridgehead atoms. The van der Waals surface area contributed by atoms with Crippen LogP contribution in [0.5, 0.6) is 11.5 Å². The maximum atomic E-state index is 12.0. The van der Waals surface area contributed by atoms with Gasteiger partial charge < -0.3 is 14.5 Å². The van der Waals surface area contributed by atoms with Crippen LogP contribution in [-0.4, -0.2) is 35.0 Å². The van der Waals surface area contributed by atoms with Crippen molar-refractivity contribution in [2.45, 2.75) is 13.3 Å². The quantitative estimate of drug-likeness (QED) is 0.551.